The van der Waals surface area contributed by atoms with Gasteiger partial charge in [0.05, 0.1) is 6.61 Å². The molecule has 0 heterocycles. The summed E-state index contributed by atoms with van der Waals surface area (Å²) in [5.74, 6) is 0.282. The second kappa shape index (κ2) is 6.80. The SMILES string of the molecule is Cc1c(Br)cccc1CCC(=O)OCC(C)C. The van der Waals surface area contributed by atoms with Crippen LogP contribution in [-0.4, -0.2) is 12.6 Å². The molecule has 0 aliphatic carbocycles. The molecule has 0 saturated heterocycles. The molecule has 0 amide bonds. The van der Waals surface area contributed by atoms with Crippen molar-refractivity contribution in [3.63, 3.8) is 0 Å². The van der Waals surface area contributed by atoms with Crippen molar-refractivity contribution in [2.45, 2.75) is 33.6 Å². The normalized spacial score (nSPS) is 10.6. The Labute approximate surface area is 111 Å². The predicted molar refractivity (Wildman–Crippen MR) is 73.0 cm³/mol. The number of carbonyl (C=O) groups excluding carboxylic acids is 1. The number of hydrogen-bond donors (Lipinski definition) is 0. The van der Waals surface area contributed by atoms with Crippen LogP contribution in [0.25, 0.3) is 0 Å². The largest absolute Gasteiger partial charge is 0.465 e. The summed E-state index contributed by atoms with van der Waals surface area (Å²) in [6.45, 7) is 6.63. The summed E-state index contributed by atoms with van der Waals surface area (Å²) in [5.41, 5.74) is 2.39. The molecule has 0 atom stereocenters. The summed E-state index contributed by atoms with van der Waals surface area (Å²) in [7, 11) is 0. The van der Waals surface area contributed by atoms with Crippen LogP contribution in [0.2, 0.25) is 0 Å². The van der Waals surface area contributed by atoms with Crippen molar-refractivity contribution < 1.29 is 9.53 Å². The molecule has 0 saturated carbocycles. The van der Waals surface area contributed by atoms with Crippen molar-refractivity contribution in [2.24, 2.45) is 5.92 Å². The summed E-state index contributed by atoms with van der Waals surface area (Å²) < 4.78 is 6.23. The minimum Gasteiger partial charge on any atom is -0.465 e. The van der Waals surface area contributed by atoms with Gasteiger partial charge in [-0.15, -0.1) is 0 Å². The van der Waals surface area contributed by atoms with Crippen LogP contribution in [-0.2, 0) is 16.0 Å². The maximum atomic E-state index is 11.5. The molecular formula is C14H19BrO2. The maximum absolute atomic E-state index is 11.5. The average molecular weight is 299 g/mol. The third-order valence-corrected chi connectivity index (χ3v) is 3.42. The van der Waals surface area contributed by atoms with E-state index in [2.05, 4.69) is 28.9 Å². The van der Waals surface area contributed by atoms with Crippen LogP contribution < -0.4 is 0 Å². The Morgan fingerprint density at radius 2 is 2.12 bits per heavy atom. The highest BCUT2D eigenvalue weighted by Crippen LogP contribution is 2.20. The Hall–Kier alpha value is -0.830. The Bertz CT molecular complexity index is 386. The molecule has 1 rings (SSSR count). The van der Waals surface area contributed by atoms with Crippen LogP contribution >= 0.6 is 15.9 Å². The van der Waals surface area contributed by atoms with E-state index in [-0.39, 0.29) is 5.97 Å². The minimum atomic E-state index is -0.113. The zero-order valence-corrected chi connectivity index (χ0v) is 12.2. The molecule has 0 unspecified atom stereocenters. The molecule has 0 bridgehead atoms. The van der Waals surface area contributed by atoms with Crippen molar-refractivity contribution in [1.29, 1.82) is 0 Å². The van der Waals surface area contributed by atoms with Crippen LogP contribution in [0.15, 0.2) is 22.7 Å². The highest BCUT2D eigenvalue weighted by atomic mass is 79.9. The molecule has 0 aliphatic heterocycles. The molecule has 0 N–H and O–H groups in total. The van der Waals surface area contributed by atoms with Gasteiger partial charge >= 0.3 is 5.97 Å². The van der Waals surface area contributed by atoms with E-state index in [1.165, 1.54) is 11.1 Å². The van der Waals surface area contributed by atoms with Crippen molar-refractivity contribution in [2.75, 3.05) is 6.61 Å². The fraction of sp³-hybridized carbons (Fsp3) is 0.500. The van der Waals surface area contributed by atoms with E-state index in [4.69, 9.17) is 4.74 Å². The Balaban J connectivity index is 2.45. The number of benzene rings is 1. The lowest BCUT2D eigenvalue weighted by Crippen LogP contribution is -2.10. The molecule has 0 radical (unpaired) electrons. The lowest BCUT2D eigenvalue weighted by Gasteiger charge is -2.09. The predicted octanol–water partition coefficient (Wildman–Crippen LogP) is 3.89. The topological polar surface area (TPSA) is 26.3 Å². The van der Waals surface area contributed by atoms with E-state index in [0.717, 1.165) is 10.9 Å². The van der Waals surface area contributed by atoms with Crippen LogP contribution in [0, 0.1) is 12.8 Å². The van der Waals surface area contributed by atoms with Gasteiger partial charge in [0.2, 0.25) is 0 Å². The van der Waals surface area contributed by atoms with Crippen LogP contribution in [0.4, 0.5) is 0 Å². The molecule has 17 heavy (non-hydrogen) atoms. The smallest absolute Gasteiger partial charge is 0.306 e. The Kier molecular flexibility index (Phi) is 5.69. The van der Waals surface area contributed by atoms with Crippen LogP contribution in [0.5, 0.6) is 0 Å². The van der Waals surface area contributed by atoms with Gasteiger partial charge in [0.15, 0.2) is 0 Å². The average Bonchev–Trinajstić information content (AvgIpc) is 2.28. The van der Waals surface area contributed by atoms with E-state index in [0.29, 0.717) is 18.9 Å². The number of aryl methyl sites for hydroxylation is 1. The second-order valence-electron chi connectivity index (χ2n) is 4.60. The Morgan fingerprint density at radius 3 is 2.76 bits per heavy atom. The van der Waals surface area contributed by atoms with Gasteiger partial charge in [0.1, 0.15) is 0 Å². The minimum absolute atomic E-state index is 0.113. The standard InChI is InChI=1S/C14H19BrO2/c1-10(2)9-17-14(16)8-7-12-5-4-6-13(15)11(12)3/h4-6,10H,7-9H2,1-3H3. The van der Waals surface area contributed by atoms with Gasteiger partial charge in [-0.3, -0.25) is 4.79 Å². The summed E-state index contributed by atoms with van der Waals surface area (Å²) >= 11 is 3.49. The molecule has 1 aromatic rings. The first-order valence-corrected chi connectivity index (χ1v) is 6.69. The highest BCUT2D eigenvalue weighted by molar-refractivity contribution is 9.10. The molecule has 1 aromatic carbocycles. The fourth-order valence-electron chi connectivity index (χ4n) is 1.49. The summed E-state index contributed by atoms with van der Waals surface area (Å²) in [6, 6.07) is 6.05. The molecule has 2 nitrogen and oxygen atoms in total. The molecule has 94 valence electrons. The van der Waals surface area contributed by atoms with Gasteiger partial charge in [-0.25, -0.2) is 0 Å². The first-order valence-electron chi connectivity index (χ1n) is 5.90. The third kappa shape index (κ3) is 4.90. The quantitative estimate of drug-likeness (QED) is 0.771. The number of esters is 1. The molecule has 0 fully saturated rings. The van der Waals surface area contributed by atoms with Crippen LogP contribution in [0.1, 0.15) is 31.4 Å². The van der Waals surface area contributed by atoms with E-state index < -0.39 is 0 Å². The van der Waals surface area contributed by atoms with Crippen molar-refractivity contribution in [3.05, 3.63) is 33.8 Å². The first kappa shape index (κ1) is 14.2. The maximum Gasteiger partial charge on any atom is 0.306 e. The third-order valence-electron chi connectivity index (χ3n) is 2.56. The monoisotopic (exact) mass is 298 g/mol. The van der Waals surface area contributed by atoms with Gasteiger partial charge in [-0.2, -0.15) is 0 Å². The van der Waals surface area contributed by atoms with Crippen molar-refractivity contribution >= 4 is 21.9 Å². The van der Waals surface area contributed by atoms with Crippen molar-refractivity contribution in [1.82, 2.24) is 0 Å². The Morgan fingerprint density at radius 1 is 1.41 bits per heavy atom. The molecule has 0 spiro atoms. The number of halogens is 1. The summed E-state index contributed by atoms with van der Waals surface area (Å²) in [4.78, 5) is 11.5. The molecule has 3 heteroatoms. The van der Waals surface area contributed by atoms with Crippen molar-refractivity contribution in [3.8, 4) is 0 Å². The second-order valence-corrected chi connectivity index (χ2v) is 5.46. The van der Waals surface area contributed by atoms with E-state index in [1.807, 2.05) is 26.0 Å². The highest BCUT2D eigenvalue weighted by Gasteiger charge is 2.07. The van der Waals surface area contributed by atoms with Gasteiger partial charge < -0.3 is 4.74 Å². The number of ether oxygens (including phenoxy) is 1. The zero-order valence-electron chi connectivity index (χ0n) is 10.6. The van der Waals surface area contributed by atoms with E-state index in [9.17, 15) is 4.79 Å². The van der Waals surface area contributed by atoms with Gasteiger partial charge in [-0.05, 0) is 36.5 Å². The number of rotatable bonds is 5. The summed E-state index contributed by atoms with van der Waals surface area (Å²) in [6.07, 6.45) is 1.19. The van der Waals surface area contributed by atoms with E-state index in [1.54, 1.807) is 0 Å². The lowest BCUT2D eigenvalue weighted by atomic mass is 10.0. The summed E-state index contributed by atoms with van der Waals surface area (Å²) in [5, 5.41) is 0. The fourth-order valence-corrected chi connectivity index (χ4v) is 1.90. The molecular weight excluding hydrogens is 280 g/mol. The van der Waals surface area contributed by atoms with Gasteiger partial charge in [0, 0.05) is 10.9 Å². The molecule has 0 aliphatic rings. The lowest BCUT2D eigenvalue weighted by molar-refractivity contribution is -0.144. The number of carbonyl (C=O) groups is 1. The van der Waals surface area contributed by atoms with Gasteiger partial charge in [0.25, 0.3) is 0 Å². The first-order chi connectivity index (χ1) is 8.00. The molecule has 0 aromatic heterocycles. The van der Waals surface area contributed by atoms with Gasteiger partial charge in [-0.1, -0.05) is 41.9 Å². The van der Waals surface area contributed by atoms with Crippen LogP contribution in [0.3, 0.4) is 0 Å². The van der Waals surface area contributed by atoms with E-state index >= 15 is 0 Å². The zero-order chi connectivity index (χ0) is 12.8. The number of hydrogen-bond acceptors (Lipinski definition) is 2.